The van der Waals surface area contributed by atoms with Crippen LogP contribution in [0.4, 0.5) is 5.69 Å². The van der Waals surface area contributed by atoms with E-state index in [1.165, 1.54) is 23.8 Å². The first-order chi connectivity index (χ1) is 16.9. The normalized spacial score (nSPS) is 10.8. The third-order valence-electron chi connectivity index (χ3n) is 5.12. The smallest absolute Gasteiger partial charge is 0.266 e. The Morgan fingerprint density at radius 1 is 1.11 bits per heavy atom. The summed E-state index contributed by atoms with van der Waals surface area (Å²) in [6.45, 7) is 8.56. The first-order valence-electron chi connectivity index (χ1n) is 11.2. The van der Waals surface area contributed by atoms with E-state index in [9.17, 15) is 15.2 Å². The maximum atomic E-state index is 12.7. The molecule has 0 aliphatic heterocycles. The number of nitriles is 1. The number of hydrogen-bond acceptors (Lipinski definition) is 5. The van der Waals surface area contributed by atoms with Crippen molar-refractivity contribution < 1.29 is 19.4 Å². The number of carbonyl (C=O) groups excluding carboxylic acids is 1. The van der Waals surface area contributed by atoms with Gasteiger partial charge >= 0.3 is 0 Å². The Hall–Kier alpha value is -4.50. The molecule has 0 aliphatic rings. The summed E-state index contributed by atoms with van der Waals surface area (Å²) < 4.78 is 12.0. The summed E-state index contributed by atoms with van der Waals surface area (Å²) in [6.07, 6.45) is 3.79. The molecule has 0 saturated carbocycles. The molecule has 178 valence electrons. The van der Waals surface area contributed by atoms with Gasteiger partial charge < -0.3 is 19.9 Å². The number of benzene rings is 3. The number of phenols is 1. The second-order valence-electron chi connectivity index (χ2n) is 7.88. The number of anilines is 1. The van der Waals surface area contributed by atoms with Gasteiger partial charge in [-0.15, -0.1) is 6.58 Å². The second-order valence-corrected chi connectivity index (χ2v) is 7.88. The predicted molar refractivity (Wildman–Crippen MR) is 137 cm³/mol. The molecule has 0 aromatic heterocycles. The maximum absolute atomic E-state index is 12.7. The van der Waals surface area contributed by atoms with E-state index in [1.54, 1.807) is 24.3 Å². The molecule has 0 fully saturated rings. The molecule has 35 heavy (non-hydrogen) atoms. The van der Waals surface area contributed by atoms with E-state index in [-0.39, 0.29) is 11.3 Å². The number of amides is 1. The van der Waals surface area contributed by atoms with Crippen LogP contribution in [0.25, 0.3) is 6.08 Å². The fourth-order valence-electron chi connectivity index (χ4n) is 3.40. The summed E-state index contributed by atoms with van der Waals surface area (Å²) in [4.78, 5) is 12.7. The number of ether oxygens (including phenoxy) is 2. The average Bonchev–Trinajstić information content (AvgIpc) is 2.85. The highest BCUT2D eigenvalue weighted by Gasteiger charge is 2.15. The van der Waals surface area contributed by atoms with Crippen LogP contribution >= 0.6 is 0 Å². The number of allylic oxidation sites excluding steroid dienone is 1. The van der Waals surface area contributed by atoms with Crippen molar-refractivity contribution in [2.45, 2.75) is 26.9 Å². The Labute approximate surface area is 205 Å². The van der Waals surface area contributed by atoms with E-state index in [4.69, 9.17) is 9.47 Å². The fourth-order valence-corrected chi connectivity index (χ4v) is 3.40. The molecule has 2 N–H and O–H groups in total. The summed E-state index contributed by atoms with van der Waals surface area (Å²) >= 11 is 0. The van der Waals surface area contributed by atoms with Crippen molar-refractivity contribution in [1.82, 2.24) is 0 Å². The van der Waals surface area contributed by atoms with Crippen molar-refractivity contribution >= 4 is 17.7 Å². The van der Waals surface area contributed by atoms with Crippen LogP contribution in [-0.4, -0.2) is 17.6 Å². The molecule has 0 unspecified atom stereocenters. The van der Waals surface area contributed by atoms with Gasteiger partial charge in [0, 0.05) is 11.3 Å². The van der Waals surface area contributed by atoms with Crippen LogP contribution in [0, 0.1) is 18.3 Å². The predicted octanol–water partition coefficient (Wildman–Crippen LogP) is 5.95. The number of carbonyl (C=O) groups is 1. The van der Waals surface area contributed by atoms with Gasteiger partial charge in [0.15, 0.2) is 11.5 Å². The number of rotatable bonds is 10. The highest BCUT2D eigenvalue weighted by atomic mass is 16.5. The summed E-state index contributed by atoms with van der Waals surface area (Å²) in [5.74, 6) is 0.668. The van der Waals surface area contributed by atoms with Gasteiger partial charge in [-0.05, 0) is 73.9 Å². The highest BCUT2D eigenvalue weighted by Crippen LogP contribution is 2.35. The van der Waals surface area contributed by atoms with E-state index in [1.807, 2.05) is 50.2 Å². The monoisotopic (exact) mass is 468 g/mol. The number of nitrogens with one attached hydrogen (secondary N) is 1. The van der Waals surface area contributed by atoms with E-state index in [0.29, 0.717) is 42.4 Å². The SMILES string of the molecule is C=CCc1cc(/C=C(\C#N)C(=O)Nc2ccc(O)cc2)cc(OCC)c1OCc1ccc(C)cc1. The molecule has 0 aliphatic carbocycles. The second kappa shape index (κ2) is 12.1. The lowest BCUT2D eigenvalue weighted by Crippen LogP contribution is -2.13. The Bertz CT molecular complexity index is 1250. The van der Waals surface area contributed by atoms with Crippen molar-refractivity contribution in [2.75, 3.05) is 11.9 Å². The molecular weight excluding hydrogens is 440 g/mol. The number of nitrogens with zero attached hydrogens (tertiary/aromatic N) is 1. The zero-order chi connectivity index (χ0) is 25.2. The molecule has 6 heteroatoms. The third kappa shape index (κ3) is 6.99. The Morgan fingerprint density at radius 2 is 1.83 bits per heavy atom. The minimum absolute atomic E-state index is 0.0709. The summed E-state index contributed by atoms with van der Waals surface area (Å²) in [7, 11) is 0. The molecule has 0 heterocycles. The van der Waals surface area contributed by atoms with Crippen LogP contribution in [0.2, 0.25) is 0 Å². The summed E-state index contributed by atoms with van der Waals surface area (Å²) in [5, 5.41) is 21.7. The summed E-state index contributed by atoms with van der Waals surface area (Å²) in [5.41, 5.74) is 4.07. The van der Waals surface area contributed by atoms with E-state index >= 15 is 0 Å². The third-order valence-corrected chi connectivity index (χ3v) is 5.12. The molecule has 0 saturated heterocycles. The molecule has 0 atom stereocenters. The van der Waals surface area contributed by atoms with Crippen molar-refractivity contribution in [1.29, 1.82) is 5.26 Å². The number of aryl methyl sites for hydroxylation is 1. The quantitative estimate of drug-likeness (QED) is 0.166. The molecule has 0 spiro atoms. The fraction of sp³-hybridized carbons (Fsp3) is 0.172. The largest absolute Gasteiger partial charge is 0.508 e. The van der Waals surface area contributed by atoms with Gasteiger partial charge in [0.2, 0.25) is 0 Å². The molecule has 3 aromatic rings. The van der Waals surface area contributed by atoms with Gasteiger partial charge in [-0.3, -0.25) is 4.79 Å². The van der Waals surface area contributed by atoms with Gasteiger partial charge in [0.05, 0.1) is 6.61 Å². The van der Waals surface area contributed by atoms with Crippen LogP contribution in [0.15, 0.2) is 78.9 Å². The van der Waals surface area contributed by atoms with E-state index in [2.05, 4.69) is 11.9 Å². The molecule has 6 nitrogen and oxygen atoms in total. The zero-order valence-corrected chi connectivity index (χ0v) is 19.9. The lowest BCUT2D eigenvalue weighted by Gasteiger charge is -2.17. The maximum Gasteiger partial charge on any atom is 0.266 e. The zero-order valence-electron chi connectivity index (χ0n) is 19.9. The van der Waals surface area contributed by atoms with Crippen LogP contribution in [0.1, 0.15) is 29.2 Å². The van der Waals surface area contributed by atoms with Gasteiger partial charge in [-0.25, -0.2) is 0 Å². The lowest BCUT2D eigenvalue weighted by molar-refractivity contribution is -0.112. The van der Waals surface area contributed by atoms with Crippen molar-refractivity contribution in [3.63, 3.8) is 0 Å². The molecule has 3 aromatic carbocycles. The number of aromatic hydroxyl groups is 1. The Morgan fingerprint density at radius 3 is 2.46 bits per heavy atom. The van der Waals surface area contributed by atoms with Crippen molar-refractivity contribution in [3.05, 3.63) is 101 Å². The topological polar surface area (TPSA) is 91.6 Å². The lowest BCUT2D eigenvalue weighted by atomic mass is 10.0. The summed E-state index contributed by atoms with van der Waals surface area (Å²) in [6, 6.07) is 19.7. The van der Waals surface area contributed by atoms with E-state index < -0.39 is 5.91 Å². The van der Waals surface area contributed by atoms with Crippen LogP contribution in [0.3, 0.4) is 0 Å². The van der Waals surface area contributed by atoms with Crippen LogP contribution < -0.4 is 14.8 Å². The highest BCUT2D eigenvalue weighted by molar-refractivity contribution is 6.09. The van der Waals surface area contributed by atoms with Gasteiger partial charge in [-0.2, -0.15) is 5.26 Å². The van der Waals surface area contributed by atoms with Gasteiger partial charge in [-0.1, -0.05) is 35.9 Å². The molecular formula is C29H28N2O4. The molecule has 0 bridgehead atoms. The first-order valence-corrected chi connectivity index (χ1v) is 11.2. The first kappa shape index (κ1) is 25.1. The molecule has 0 radical (unpaired) electrons. The van der Waals surface area contributed by atoms with Crippen LogP contribution in [-0.2, 0) is 17.8 Å². The van der Waals surface area contributed by atoms with Gasteiger partial charge in [0.1, 0.15) is 24.0 Å². The number of phenolic OH excluding ortho intramolecular Hbond substituents is 1. The number of hydrogen-bond donors (Lipinski definition) is 2. The Balaban J connectivity index is 1.91. The van der Waals surface area contributed by atoms with Crippen LogP contribution in [0.5, 0.6) is 17.2 Å². The van der Waals surface area contributed by atoms with E-state index in [0.717, 1.165) is 11.1 Å². The Kier molecular flexibility index (Phi) is 8.69. The van der Waals surface area contributed by atoms with Crippen molar-refractivity contribution in [2.24, 2.45) is 0 Å². The molecule has 3 rings (SSSR count). The minimum Gasteiger partial charge on any atom is -0.508 e. The molecule has 1 amide bonds. The van der Waals surface area contributed by atoms with Crippen molar-refractivity contribution in [3.8, 4) is 23.3 Å². The average molecular weight is 469 g/mol. The standard InChI is InChI=1S/C29H28N2O4/c1-4-6-23-15-22(16-24(18-30)29(33)31-25-11-13-26(32)14-12-25)17-27(34-5-2)28(23)35-19-21-9-7-20(3)8-10-21/h4,7-17,32H,1,5-6,19H2,2-3H3,(H,31,33)/b24-16+. The minimum atomic E-state index is -0.555. The van der Waals surface area contributed by atoms with Gasteiger partial charge in [0.25, 0.3) is 5.91 Å².